The Hall–Kier alpha value is -1.84. The molecule has 16 heavy (non-hydrogen) atoms. The van der Waals surface area contributed by atoms with Crippen LogP contribution in [0, 0.1) is 6.92 Å². The lowest BCUT2D eigenvalue weighted by molar-refractivity contribution is 0.521. The Kier molecular flexibility index (Phi) is 2.64. The molecule has 0 amide bonds. The maximum absolute atomic E-state index is 6.02. The second kappa shape index (κ2) is 3.96. The Morgan fingerprint density at radius 3 is 2.62 bits per heavy atom. The van der Waals surface area contributed by atoms with Gasteiger partial charge in [0.05, 0.1) is 6.04 Å². The molecule has 2 rings (SSSR count). The van der Waals surface area contributed by atoms with E-state index in [2.05, 4.69) is 16.4 Å². The van der Waals surface area contributed by atoms with Gasteiger partial charge in [0.1, 0.15) is 5.69 Å². The summed E-state index contributed by atoms with van der Waals surface area (Å²) in [6.45, 7) is 6.11. The average Bonchev–Trinajstić information content (AvgIpc) is 2.60. The molecule has 0 aliphatic rings. The van der Waals surface area contributed by atoms with Crippen molar-refractivity contribution in [2.24, 2.45) is 0 Å². The number of aryl methyl sites for hydroxylation is 1. The highest BCUT2D eigenvalue weighted by atomic mass is 15.5. The SMILES string of the molecule is Cc1cccc(-c2nnn(C(C)C)c2N)c1. The van der Waals surface area contributed by atoms with E-state index in [-0.39, 0.29) is 6.04 Å². The van der Waals surface area contributed by atoms with Gasteiger partial charge in [-0.15, -0.1) is 5.10 Å². The van der Waals surface area contributed by atoms with E-state index in [1.54, 1.807) is 4.68 Å². The first kappa shape index (κ1) is 10.7. The number of rotatable bonds is 2. The number of aromatic nitrogens is 3. The topological polar surface area (TPSA) is 56.7 Å². The number of hydrogen-bond donors (Lipinski definition) is 1. The largest absolute Gasteiger partial charge is 0.382 e. The number of anilines is 1. The summed E-state index contributed by atoms with van der Waals surface area (Å²) in [5.41, 5.74) is 8.99. The van der Waals surface area contributed by atoms with Crippen LogP contribution < -0.4 is 5.73 Å². The molecular formula is C12H16N4. The summed E-state index contributed by atoms with van der Waals surface area (Å²) in [4.78, 5) is 0. The van der Waals surface area contributed by atoms with Gasteiger partial charge in [-0.05, 0) is 26.8 Å². The van der Waals surface area contributed by atoms with Crippen molar-refractivity contribution in [2.45, 2.75) is 26.8 Å². The zero-order valence-corrected chi connectivity index (χ0v) is 9.81. The maximum atomic E-state index is 6.02. The van der Waals surface area contributed by atoms with E-state index in [0.29, 0.717) is 5.82 Å². The van der Waals surface area contributed by atoms with E-state index >= 15 is 0 Å². The van der Waals surface area contributed by atoms with E-state index in [4.69, 9.17) is 5.73 Å². The molecule has 0 aliphatic heterocycles. The lowest BCUT2D eigenvalue weighted by Gasteiger charge is -2.06. The maximum Gasteiger partial charge on any atom is 0.150 e. The molecule has 4 nitrogen and oxygen atoms in total. The van der Waals surface area contributed by atoms with Crippen LogP contribution >= 0.6 is 0 Å². The van der Waals surface area contributed by atoms with E-state index in [1.807, 2.05) is 39.0 Å². The standard InChI is InChI=1S/C12H16N4/c1-8(2)16-12(13)11(14-15-16)10-6-4-5-9(3)7-10/h4-8H,13H2,1-3H3. The Labute approximate surface area is 95.1 Å². The summed E-state index contributed by atoms with van der Waals surface area (Å²) in [5.74, 6) is 0.626. The molecule has 2 N–H and O–H groups in total. The van der Waals surface area contributed by atoms with Gasteiger partial charge in [-0.3, -0.25) is 0 Å². The van der Waals surface area contributed by atoms with E-state index < -0.39 is 0 Å². The molecule has 0 saturated heterocycles. The van der Waals surface area contributed by atoms with Crippen molar-refractivity contribution in [3.05, 3.63) is 29.8 Å². The molecule has 84 valence electrons. The first-order chi connectivity index (χ1) is 7.59. The van der Waals surface area contributed by atoms with Crippen LogP contribution in [-0.4, -0.2) is 15.0 Å². The summed E-state index contributed by atoms with van der Waals surface area (Å²) in [6, 6.07) is 8.33. The fourth-order valence-electron chi connectivity index (χ4n) is 1.68. The van der Waals surface area contributed by atoms with Crippen molar-refractivity contribution in [3.63, 3.8) is 0 Å². The second-order valence-electron chi connectivity index (χ2n) is 4.23. The van der Waals surface area contributed by atoms with E-state index in [1.165, 1.54) is 5.56 Å². The minimum Gasteiger partial charge on any atom is -0.382 e. The van der Waals surface area contributed by atoms with Gasteiger partial charge in [-0.1, -0.05) is 29.0 Å². The molecule has 0 saturated carbocycles. The Bertz CT molecular complexity index is 499. The second-order valence-corrected chi connectivity index (χ2v) is 4.23. The van der Waals surface area contributed by atoms with Gasteiger partial charge >= 0.3 is 0 Å². The lowest BCUT2D eigenvalue weighted by atomic mass is 10.1. The van der Waals surface area contributed by atoms with Crippen molar-refractivity contribution < 1.29 is 0 Å². The van der Waals surface area contributed by atoms with Crippen LogP contribution in [0.25, 0.3) is 11.3 Å². The first-order valence-electron chi connectivity index (χ1n) is 5.37. The molecule has 1 aromatic carbocycles. The molecule has 2 aromatic rings. The van der Waals surface area contributed by atoms with Crippen molar-refractivity contribution in [2.75, 3.05) is 5.73 Å². The van der Waals surface area contributed by atoms with Crippen LogP contribution in [-0.2, 0) is 0 Å². The minimum atomic E-state index is 0.228. The summed E-state index contributed by atoms with van der Waals surface area (Å²) < 4.78 is 1.73. The van der Waals surface area contributed by atoms with Crippen LogP contribution in [0.1, 0.15) is 25.5 Å². The molecule has 1 heterocycles. The third-order valence-electron chi connectivity index (χ3n) is 2.51. The summed E-state index contributed by atoms with van der Waals surface area (Å²) in [5, 5.41) is 8.20. The minimum absolute atomic E-state index is 0.228. The predicted molar refractivity (Wildman–Crippen MR) is 65.0 cm³/mol. The van der Waals surface area contributed by atoms with Crippen molar-refractivity contribution in [1.82, 2.24) is 15.0 Å². The molecule has 0 aliphatic carbocycles. The van der Waals surface area contributed by atoms with Gasteiger partial charge in [0, 0.05) is 5.56 Å². The number of benzene rings is 1. The van der Waals surface area contributed by atoms with Gasteiger partial charge in [0.2, 0.25) is 0 Å². The third-order valence-corrected chi connectivity index (χ3v) is 2.51. The molecule has 4 heteroatoms. The van der Waals surface area contributed by atoms with Gasteiger partial charge in [0.15, 0.2) is 5.82 Å². The van der Waals surface area contributed by atoms with Crippen LogP contribution in [0.5, 0.6) is 0 Å². The molecule has 0 radical (unpaired) electrons. The Morgan fingerprint density at radius 2 is 2.06 bits per heavy atom. The van der Waals surface area contributed by atoms with Gasteiger partial charge in [0.25, 0.3) is 0 Å². The molecule has 0 unspecified atom stereocenters. The molecule has 0 atom stereocenters. The van der Waals surface area contributed by atoms with Crippen LogP contribution in [0.15, 0.2) is 24.3 Å². The van der Waals surface area contributed by atoms with Crippen molar-refractivity contribution in [3.8, 4) is 11.3 Å². The highest BCUT2D eigenvalue weighted by Gasteiger charge is 2.13. The van der Waals surface area contributed by atoms with Gasteiger partial charge in [-0.2, -0.15) is 0 Å². The van der Waals surface area contributed by atoms with Crippen molar-refractivity contribution >= 4 is 5.82 Å². The number of hydrogen-bond acceptors (Lipinski definition) is 3. The predicted octanol–water partition coefficient (Wildman–Crippen LogP) is 2.42. The molecule has 0 spiro atoms. The number of nitrogens with two attached hydrogens (primary N) is 1. The smallest absolute Gasteiger partial charge is 0.150 e. The number of nitrogen functional groups attached to an aromatic ring is 1. The molecular weight excluding hydrogens is 200 g/mol. The normalized spacial score (nSPS) is 11.0. The highest BCUT2D eigenvalue weighted by molar-refractivity contribution is 5.70. The molecule has 1 aromatic heterocycles. The lowest BCUT2D eigenvalue weighted by Crippen LogP contribution is -2.07. The molecule has 0 fully saturated rings. The molecule has 0 bridgehead atoms. The summed E-state index contributed by atoms with van der Waals surface area (Å²) in [7, 11) is 0. The van der Waals surface area contributed by atoms with Crippen LogP contribution in [0.3, 0.4) is 0 Å². The zero-order valence-electron chi connectivity index (χ0n) is 9.81. The monoisotopic (exact) mass is 216 g/mol. The van der Waals surface area contributed by atoms with E-state index in [0.717, 1.165) is 11.3 Å². The van der Waals surface area contributed by atoms with Gasteiger partial charge < -0.3 is 5.73 Å². The number of nitrogens with zero attached hydrogens (tertiary/aromatic N) is 3. The van der Waals surface area contributed by atoms with Crippen LogP contribution in [0.2, 0.25) is 0 Å². The Balaban J connectivity index is 2.49. The fraction of sp³-hybridized carbons (Fsp3) is 0.333. The average molecular weight is 216 g/mol. The highest BCUT2D eigenvalue weighted by Crippen LogP contribution is 2.25. The van der Waals surface area contributed by atoms with Crippen LogP contribution in [0.4, 0.5) is 5.82 Å². The summed E-state index contributed by atoms with van der Waals surface area (Å²) >= 11 is 0. The zero-order chi connectivity index (χ0) is 11.7. The fourth-order valence-corrected chi connectivity index (χ4v) is 1.68. The first-order valence-corrected chi connectivity index (χ1v) is 5.37. The third kappa shape index (κ3) is 1.78. The van der Waals surface area contributed by atoms with Gasteiger partial charge in [-0.25, -0.2) is 4.68 Å². The quantitative estimate of drug-likeness (QED) is 0.838. The Morgan fingerprint density at radius 1 is 1.31 bits per heavy atom. The summed E-state index contributed by atoms with van der Waals surface area (Å²) in [6.07, 6.45) is 0. The van der Waals surface area contributed by atoms with E-state index in [9.17, 15) is 0 Å². The van der Waals surface area contributed by atoms with Crippen molar-refractivity contribution in [1.29, 1.82) is 0 Å².